The van der Waals surface area contributed by atoms with E-state index in [0.717, 1.165) is 12.3 Å². The summed E-state index contributed by atoms with van der Waals surface area (Å²) in [4.78, 5) is 28.9. The third kappa shape index (κ3) is 4.62. The number of pyridine rings is 2. The van der Waals surface area contributed by atoms with Gasteiger partial charge in [-0.05, 0) is 42.5 Å². The molecule has 2 aromatic heterocycles. The van der Waals surface area contributed by atoms with Crippen LogP contribution in [0.3, 0.4) is 0 Å². The largest absolute Gasteiger partial charge is 0.477 e. The second-order valence-corrected chi connectivity index (χ2v) is 8.02. The highest BCUT2D eigenvalue weighted by Crippen LogP contribution is 2.25. The van der Waals surface area contributed by atoms with E-state index < -0.39 is 52.6 Å². The van der Waals surface area contributed by atoms with Crippen LogP contribution in [0.2, 0.25) is 0 Å². The van der Waals surface area contributed by atoms with Crippen LogP contribution in [0.4, 0.5) is 13.2 Å². The molecule has 0 unspecified atom stereocenters. The lowest BCUT2D eigenvalue weighted by Gasteiger charge is -2.24. The molecule has 0 aliphatic rings. The Balaban J connectivity index is 2.21. The summed E-state index contributed by atoms with van der Waals surface area (Å²) in [5.41, 5.74) is -1.42. The number of aryl methyl sites for hydroxylation is 1. The first-order valence-corrected chi connectivity index (χ1v) is 10.3. The minimum absolute atomic E-state index is 0.0636. The summed E-state index contributed by atoms with van der Waals surface area (Å²) in [6.07, 6.45) is 0.730. The van der Waals surface area contributed by atoms with E-state index in [4.69, 9.17) is 0 Å². The molecule has 1 atom stereocenters. The van der Waals surface area contributed by atoms with Crippen LogP contribution in [-0.4, -0.2) is 37.4 Å². The highest BCUT2D eigenvalue weighted by atomic mass is 19.2. The molecule has 10 heteroatoms. The van der Waals surface area contributed by atoms with Crippen molar-refractivity contribution in [3.63, 3.8) is 0 Å². The molecule has 0 spiro atoms. The third-order valence-corrected chi connectivity index (χ3v) is 5.65. The molecule has 0 radical (unpaired) electrons. The fourth-order valence-corrected chi connectivity index (χ4v) is 3.79. The summed E-state index contributed by atoms with van der Waals surface area (Å²) in [5, 5.41) is 29.1. The van der Waals surface area contributed by atoms with Crippen LogP contribution in [0.25, 0.3) is 11.0 Å². The van der Waals surface area contributed by atoms with Gasteiger partial charge >= 0.3 is 5.97 Å². The molecule has 33 heavy (non-hydrogen) atoms. The number of aromatic carboxylic acids is 1. The van der Waals surface area contributed by atoms with Crippen LogP contribution in [0.1, 0.15) is 47.1 Å². The molecule has 1 aromatic carbocycles. The summed E-state index contributed by atoms with van der Waals surface area (Å²) < 4.78 is 43.0. The maximum Gasteiger partial charge on any atom is 0.341 e. The zero-order chi connectivity index (χ0) is 24.4. The van der Waals surface area contributed by atoms with Crippen molar-refractivity contribution in [1.29, 1.82) is 0 Å². The van der Waals surface area contributed by atoms with Crippen LogP contribution in [0.5, 0.6) is 0 Å². The molecule has 0 amide bonds. The molecule has 7 nitrogen and oxygen atoms in total. The zero-order valence-corrected chi connectivity index (χ0v) is 18.0. The van der Waals surface area contributed by atoms with Gasteiger partial charge in [0.15, 0.2) is 11.6 Å². The molecule has 0 aliphatic heterocycles. The van der Waals surface area contributed by atoms with Crippen LogP contribution in [0.15, 0.2) is 29.2 Å². The van der Waals surface area contributed by atoms with Gasteiger partial charge in [-0.15, -0.1) is 0 Å². The minimum atomic E-state index is -1.47. The fraction of sp³-hybridized carbons (Fsp3) is 0.348. The Morgan fingerprint density at radius 2 is 1.79 bits per heavy atom. The average molecular weight is 464 g/mol. The summed E-state index contributed by atoms with van der Waals surface area (Å²) in [6.45, 7) is 2.67. The first kappa shape index (κ1) is 24.4. The van der Waals surface area contributed by atoms with Gasteiger partial charge in [0.25, 0.3) is 0 Å². The van der Waals surface area contributed by atoms with Crippen LogP contribution in [0, 0.1) is 23.4 Å². The Morgan fingerprint density at radius 1 is 1.12 bits per heavy atom. The van der Waals surface area contributed by atoms with Crippen molar-refractivity contribution in [2.75, 3.05) is 6.61 Å². The quantitative estimate of drug-likeness (QED) is 0.442. The van der Waals surface area contributed by atoms with Gasteiger partial charge in [0.05, 0.1) is 30.3 Å². The monoisotopic (exact) mass is 464 g/mol. The summed E-state index contributed by atoms with van der Waals surface area (Å²) in [5.74, 6) is -5.09. The predicted molar refractivity (Wildman–Crippen MR) is 114 cm³/mol. The zero-order valence-electron chi connectivity index (χ0n) is 18.0. The van der Waals surface area contributed by atoms with Crippen molar-refractivity contribution >= 4 is 17.0 Å². The first-order chi connectivity index (χ1) is 15.6. The lowest BCUT2D eigenvalue weighted by molar-refractivity contribution is 0.0694. The minimum Gasteiger partial charge on any atom is -0.477 e. The maximum atomic E-state index is 14.0. The molecule has 0 aliphatic carbocycles. The second-order valence-electron chi connectivity index (χ2n) is 8.02. The summed E-state index contributed by atoms with van der Waals surface area (Å²) >= 11 is 0. The van der Waals surface area contributed by atoms with Gasteiger partial charge in [-0.25, -0.2) is 22.9 Å². The fourth-order valence-electron chi connectivity index (χ4n) is 3.79. The Hall–Kier alpha value is -3.24. The normalized spacial score (nSPS) is 12.5. The van der Waals surface area contributed by atoms with Crippen molar-refractivity contribution in [1.82, 2.24) is 9.55 Å². The lowest BCUT2D eigenvalue weighted by Crippen LogP contribution is -2.26. The summed E-state index contributed by atoms with van der Waals surface area (Å²) in [7, 11) is 0. The molecule has 3 aromatic rings. The van der Waals surface area contributed by atoms with E-state index in [-0.39, 0.29) is 47.7 Å². The van der Waals surface area contributed by atoms with Crippen molar-refractivity contribution < 1.29 is 33.3 Å². The van der Waals surface area contributed by atoms with Gasteiger partial charge in [-0.1, -0.05) is 13.8 Å². The Morgan fingerprint density at radius 3 is 2.36 bits per heavy atom. The number of hydrogen-bond donors (Lipinski definition) is 3. The number of carboxylic acids is 1. The molecule has 0 bridgehead atoms. The van der Waals surface area contributed by atoms with Crippen molar-refractivity contribution in [3.8, 4) is 0 Å². The predicted octanol–water partition coefficient (Wildman–Crippen LogP) is 2.98. The average Bonchev–Trinajstić information content (AvgIpc) is 2.77. The van der Waals surface area contributed by atoms with Gasteiger partial charge in [-0.2, -0.15) is 0 Å². The first-order valence-electron chi connectivity index (χ1n) is 10.3. The SMILES string of the molecule is CC(C)[C@@H](CO)n1cc(C(=O)O)c(=O)c2cc(CCc3c(F)ccc(F)c3F)c(CO)nc21. The van der Waals surface area contributed by atoms with E-state index in [0.29, 0.717) is 6.07 Å². The van der Waals surface area contributed by atoms with Gasteiger partial charge < -0.3 is 19.9 Å². The molecule has 2 heterocycles. The van der Waals surface area contributed by atoms with E-state index >= 15 is 0 Å². The van der Waals surface area contributed by atoms with Crippen molar-refractivity contribution in [3.05, 3.63) is 74.5 Å². The highest BCUT2D eigenvalue weighted by molar-refractivity contribution is 5.92. The number of nitrogens with zero attached hydrogens (tertiary/aromatic N) is 2. The van der Waals surface area contributed by atoms with Gasteiger partial charge in [0.1, 0.15) is 17.0 Å². The van der Waals surface area contributed by atoms with Crippen molar-refractivity contribution in [2.45, 2.75) is 39.3 Å². The van der Waals surface area contributed by atoms with Crippen LogP contribution >= 0.6 is 0 Å². The topological polar surface area (TPSA) is 113 Å². The Bertz CT molecular complexity index is 1270. The number of hydrogen-bond acceptors (Lipinski definition) is 5. The van der Waals surface area contributed by atoms with E-state index in [1.54, 1.807) is 13.8 Å². The molecule has 3 rings (SSSR count). The molecule has 176 valence electrons. The molecular weight excluding hydrogens is 441 g/mol. The molecule has 0 saturated carbocycles. The molecule has 0 fully saturated rings. The van der Waals surface area contributed by atoms with Gasteiger partial charge in [0.2, 0.25) is 5.43 Å². The highest BCUT2D eigenvalue weighted by Gasteiger charge is 2.23. The number of carbonyl (C=O) groups is 1. The number of carboxylic acid groups (broad SMARTS) is 1. The van der Waals surface area contributed by atoms with E-state index in [1.807, 2.05) is 0 Å². The van der Waals surface area contributed by atoms with Gasteiger partial charge in [0, 0.05) is 11.8 Å². The maximum absolute atomic E-state index is 14.0. The molecule has 0 saturated heterocycles. The smallest absolute Gasteiger partial charge is 0.341 e. The van der Waals surface area contributed by atoms with E-state index in [9.17, 15) is 38.1 Å². The number of aliphatic hydroxyl groups excluding tert-OH is 2. The second kappa shape index (κ2) is 9.72. The standard InChI is InChI=1S/C23H23F3N2O5/c1-11(2)19(10-30)28-8-15(23(32)33)21(31)14-7-12(18(9-29)27-22(14)28)3-4-13-16(24)5-6-17(25)20(13)26/h5-8,11,19,29-30H,3-4,9-10H2,1-2H3,(H,32,33)/t19-/m1/s1. The number of fused-ring (bicyclic) bond motifs is 1. The van der Waals surface area contributed by atoms with E-state index in [2.05, 4.69) is 4.98 Å². The Kier molecular flexibility index (Phi) is 7.19. The molecule has 3 N–H and O–H groups in total. The number of halogens is 3. The summed E-state index contributed by atoms with van der Waals surface area (Å²) in [6, 6.07) is 2.19. The van der Waals surface area contributed by atoms with Crippen molar-refractivity contribution in [2.24, 2.45) is 5.92 Å². The Labute approximate surface area is 186 Å². The number of aromatic nitrogens is 2. The van der Waals surface area contributed by atoms with E-state index in [1.165, 1.54) is 10.6 Å². The van der Waals surface area contributed by atoms with Crippen LogP contribution < -0.4 is 5.43 Å². The number of rotatable bonds is 8. The number of aliphatic hydroxyl groups is 2. The van der Waals surface area contributed by atoms with Crippen LogP contribution in [-0.2, 0) is 19.4 Å². The third-order valence-electron chi connectivity index (χ3n) is 5.65. The molecular formula is C23H23F3N2O5. The lowest BCUT2D eigenvalue weighted by atomic mass is 9.99. The number of benzene rings is 1. The van der Waals surface area contributed by atoms with Gasteiger partial charge in [-0.3, -0.25) is 4.79 Å².